The molecular weight excluding hydrogens is 426 g/mol. The molecule has 0 fully saturated rings. The first-order valence-electron chi connectivity index (χ1n) is 11.8. The first kappa shape index (κ1) is 23.9. The third-order valence-corrected chi connectivity index (χ3v) is 6.07. The Hall–Kier alpha value is -3.29. The van der Waals surface area contributed by atoms with Gasteiger partial charge in [-0.25, -0.2) is 9.97 Å². The van der Waals surface area contributed by atoms with Crippen LogP contribution in [0, 0.1) is 0 Å². The molecule has 4 rings (SSSR count). The van der Waals surface area contributed by atoms with Crippen LogP contribution in [0.15, 0.2) is 54.7 Å². The van der Waals surface area contributed by atoms with Crippen molar-refractivity contribution < 1.29 is 9.53 Å². The normalized spacial score (nSPS) is 14.4. The van der Waals surface area contributed by atoms with Crippen molar-refractivity contribution in [2.45, 2.75) is 25.2 Å². The number of methoxy groups -OCH3 is 1. The fourth-order valence-corrected chi connectivity index (χ4v) is 4.40. The first-order chi connectivity index (χ1) is 16.5. The molecule has 0 saturated carbocycles. The number of fused-ring (bicyclic) bond motifs is 3. The zero-order valence-corrected chi connectivity index (χ0v) is 20.2. The molecular formula is C27H33N5O2. The highest BCUT2D eigenvalue weighted by Gasteiger charge is 2.27. The van der Waals surface area contributed by atoms with E-state index in [1.807, 2.05) is 18.3 Å². The molecule has 1 amide bonds. The Morgan fingerprint density at radius 3 is 2.68 bits per heavy atom. The van der Waals surface area contributed by atoms with Gasteiger partial charge in [-0.3, -0.25) is 4.79 Å². The lowest BCUT2D eigenvalue weighted by molar-refractivity contribution is -0.119. The zero-order valence-electron chi connectivity index (χ0n) is 20.2. The van der Waals surface area contributed by atoms with Crippen molar-refractivity contribution in [2.24, 2.45) is 0 Å². The molecule has 3 aromatic rings. The SMILES string of the molecule is COCC(=O)Nc1ccc(C2Cc3cnc(NCCCCN(C)C)nc3-c3ccccc32)cc1. The molecule has 0 spiro atoms. The number of rotatable bonds is 10. The van der Waals surface area contributed by atoms with Crippen LogP contribution >= 0.6 is 0 Å². The number of carbonyl (C=O) groups excluding carboxylic acids is 1. The van der Waals surface area contributed by atoms with E-state index in [-0.39, 0.29) is 18.4 Å². The van der Waals surface area contributed by atoms with Gasteiger partial charge < -0.3 is 20.3 Å². The highest BCUT2D eigenvalue weighted by molar-refractivity contribution is 5.91. The van der Waals surface area contributed by atoms with Crippen LogP contribution in [0.5, 0.6) is 0 Å². The monoisotopic (exact) mass is 459 g/mol. The van der Waals surface area contributed by atoms with Crippen molar-refractivity contribution in [3.63, 3.8) is 0 Å². The number of hydrogen-bond acceptors (Lipinski definition) is 6. The van der Waals surface area contributed by atoms with E-state index < -0.39 is 0 Å². The lowest BCUT2D eigenvalue weighted by Crippen LogP contribution is -2.18. The number of ether oxygens (including phenoxy) is 1. The van der Waals surface area contributed by atoms with Gasteiger partial charge in [-0.1, -0.05) is 36.4 Å². The highest BCUT2D eigenvalue weighted by atomic mass is 16.5. The summed E-state index contributed by atoms with van der Waals surface area (Å²) in [5.74, 6) is 0.736. The van der Waals surface area contributed by atoms with Crippen LogP contribution in [0.4, 0.5) is 11.6 Å². The van der Waals surface area contributed by atoms with Crippen molar-refractivity contribution in [2.75, 3.05) is 51.5 Å². The predicted molar refractivity (Wildman–Crippen MR) is 136 cm³/mol. The van der Waals surface area contributed by atoms with Crippen molar-refractivity contribution in [3.8, 4) is 11.3 Å². The number of unbranched alkanes of at least 4 members (excludes halogenated alkanes) is 1. The van der Waals surface area contributed by atoms with Crippen molar-refractivity contribution in [1.29, 1.82) is 0 Å². The zero-order chi connectivity index (χ0) is 23.9. The number of benzene rings is 2. The molecule has 0 radical (unpaired) electrons. The summed E-state index contributed by atoms with van der Waals surface area (Å²) < 4.78 is 4.89. The number of anilines is 2. The van der Waals surface area contributed by atoms with Gasteiger partial charge in [0.1, 0.15) is 6.61 Å². The number of aromatic nitrogens is 2. The number of nitrogens with zero attached hydrogens (tertiary/aromatic N) is 3. The van der Waals surface area contributed by atoms with E-state index in [4.69, 9.17) is 9.72 Å². The Bertz CT molecular complexity index is 1110. The Morgan fingerprint density at radius 1 is 1.12 bits per heavy atom. The van der Waals surface area contributed by atoms with Gasteiger partial charge in [0.25, 0.3) is 0 Å². The van der Waals surface area contributed by atoms with Crippen molar-refractivity contribution >= 4 is 17.5 Å². The second-order valence-electron chi connectivity index (χ2n) is 8.95. The third kappa shape index (κ3) is 5.79. The average molecular weight is 460 g/mol. The van der Waals surface area contributed by atoms with Gasteiger partial charge in [0.2, 0.25) is 11.9 Å². The van der Waals surface area contributed by atoms with Crippen molar-refractivity contribution in [3.05, 3.63) is 71.4 Å². The molecule has 1 heterocycles. The van der Waals surface area contributed by atoms with Gasteiger partial charge in [-0.2, -0.15) is 0 Å². The van der Waals surface area contributed by atoms with E-state index in [9.17, 15) is 4.79 Å². The van der Waals surface area contributed by atoms with Gasteiger partial charge in [-0.15, -0.1) is 0 Å². The third-order valence-electron chi connectivity index (χ3n) is 6.07. The smallest absolute Gasteiger partial charge is 0.250 e. The van der Waals surface area contributed by atoms with Crippen LogP contribution in [0.25, 0.3) is 11.3 Å². The minimum atomic E-state index is -0.161. The average Bonchev–Trinajstić information content (AvgIpc) is 2.84. The van der Waals surface area contributed by atoms with Crippen LogP contribution in [0.3, 0.4) is 0 Å². The minimum absolute atomic E-state index is 0.0431. The van der Waals surface area contributed by atoms with E-state index in [2.05, 4.69) is 71.0 Å². The second-order valence-corrected chi connectivity index (χ2v) is 8.95. The summed E-state index contributed by atoms with van der Waals surface area (Å²) in [5, 5.41) is 6.24. The lowest BCUT2D eigenvalue weighted by atomic mass is 9.78. The molecule has 0 bridgehead atoms. The molecule has 7 heteroatoms. The van der Waals surface area contributed by atoms with Crippen molar-refractivity contribution in [1.82, 2.24) is 14.9 Å². The van der Waals surface area contributed by atoms with E-state index in [0.717, 1.165) is 54.9 Å². The fraction of sp³-hybridized carbons (Fsp3) is 0.370. The maximum atomic E-state index is 11.8. The second kappa shape index (κ2) is 11.2. The summed E-state index contributed by atoms with van der Waals surface area (Å²) in [6, 6.07) is 16.5. The number of amides is 1. The summed E-state index contributed by atoms with van der Waals surface area (Å²) >= 11 is 0. The number of nitrogens with one attached hydrogen (secondary N) is 2. The van der Waals surface area contributed by atoms with Crippen LogP contribution in [0.1, 0.15) is 35.4 Å². The number of carbonyl (C=O) groups is 1. The summed E-state index contributed by atoms with van der Waals surface area (Å²) in [4.78, 5) is 23.5. The minimum Gasteiger partial charge on any atom is -0.375 e. The van der Waals surface area contributed by atoms with Crippen LogP contribution in [0.2, 0.25) is 0 Å². The molecule has 1 unspecified atom stereocenters. The molecule has 2 N–H and O–H groups in total. The topological polar surface area (TPSA) is 79.4 Å². The van der Waals surface area contributed by atoms with E-state index in [0.29, 0.717) is 5.95 Å². The molecule has 1 aliphatic carbocycles. The molecule has 0 aliphatic heterocycles. The van der Waals surface area contributed by atoms with Crippen LogP contribution < -0.4 is 10.6 Å². The molecule has 1 aliphatic rings. The maximum absolute atomic E-state index is 11.8. The van der Waals surface area contributed by atoms with Crippen LogP contribution in [-0.4, -0.2) is 61.7 Å². The van der Waals surface area contributed by atoms with Gasteiger partial charge in [0, 0.05) is 37.0 Å². The lowest BCUT2D eigenvalue weighted by Gasteiger charge is -2.27. The van der Waals surface area contributed by atoms with E-state index >= 15 is 0 Å². The Morgan fingerprint density at radius 2 is 1.91 bits per heavy atom. The quantitative estimate of drug-likeness (QED) is 0.443. The summed E-state index contributed by atoms with van der Waals surface area (Å²) in [5.41, 5.74) is 6.55. The first-order valence-corrected chi connectivity index (χ1v) is 11.8. The predicted octanol–water partition coefficient (Wildman–Crippen LogP) is 4.17. The summed E-state index contributed by atoms with van der Waals surface area (Å²) in [6.45, 7) is 1.99. The summed E-state index contributed by atoms with van der Waals surface area (Å²) in [6.07, 6.45) is 5.03. The molecule has 2 aromatic carbocycles. The molecule has 0 saturated heterocycles. The number of hydrogen-bond donors (Lipinski definition) is 2. The fourth-order valence-electron chi connectivity index (χ4n) is 4.40. The standard InChI is InChI=1S/C27H33N5O2/c1-32(2)15-7-6-14-28-27-29-17-20-16-24(22-8-4-5-9-23(22)26(20)31-27)19-10-12-21(13-11-19)30-25(33)18-34-3/h4-5,8-13,17,24H,6-7,14-16,18H2,1-3H3,(H,30,33)(H,28,29,31). The molecule has 34 heavy (non-hydrogen) atoms. The molecule has 178 valence electrons. The van der Waals surface area contributed by atoms with Gasteiger partial charge in [0.15, 0.2) is 0 Å². The molecule has 7 nitrogen and oxygen atoms in total. The largest absolute Gasteiger partial charge is 0.375 e. The van der Waals surface area contributed by atoms with E-state index in [1.165, 1.54) is 18.2 Å². The molecule has 1 atom stereocenters. The van der Waals surface area contributed by atoms with Gasteiger partial charge in [-0.05, 0) is 68.7 Å². The van der Waals surface area contributed by atoms with Gasteiger partial charge >= 0.3 is 0 Å². The Labute approximate surface area is 201 Å². The Balaban J connectivity index is 1.50. The maximum Gasteiger partial charge on any atom is 0.250 e. The molecule has 1 aromatic heterocycles. The Kier molecular flexibility index (Phi) is 7.87. The van der Waals surface area contributed by atoms with E-state index in [1.54, 1.807) is 0 Å². The summed E-state index contributed by atoms with van der Waals surface area (Å²) in [7, 11) is 5.70. The van der Waals surface area contributed by atoms with Crippen LogP contribution in [-0.2, 0) is 16.0 Å². The van der Waals surface area contributed by atoms with Gasteiger partial charge in [0.05, 0.1) is 5.69 Å². The highest BCUT2D eigenvalue weighted by Crippen LogP contribution is 2.42.